The Morgan fingerprint density at radius 1 is 0.765 bits per heavy atom. The Balaban J connectivity index is 3.43. The van der Waals surface area contributed by atoms with Gasteiger partial charge in [-0.05, 0) is 11.0 Å². The summed E-state index contributed by atoms with van der Waals surface area (Å²) in [5, 5.41) is 20.8. The number of hydrogen-bond acceptors (Lipinski definition) is 2. The summed E-state index contributed by atoms with van der Waals surface area (Å²) in [5.74, 6) is -1.82. The molecular formula is C15H24O2. The second-order valence-electron chi connectivity index (χ2n) is 6.72. The first-order chi connectivity index (χ1) is 7.48. The Morgan fingerprint density at radius 2 is 1.18 bits per heavy atom. The molecule has 0 aliphatic heterocycles. The quantitative estimate of drug-likeness (QED) is 0.735. The van der Waals surface area contributed by atoms with Gasteiger partial charge in [-0.2, -0.15) is 0 Å². The standard InChI is InChI=1S/C15H24O2/c1-13(2,3)11-9-7-8-10-12(11)15(16,17)14(4,5)6/h7-10,16-17H,1-6H3. The summed E-state index contributed by atoms with van der Waals surface area (Å²) < 4.78 is 0. The molecule has 0 saturated heterocycles. The van der Waals surface area contributed by atoms with Crippen LogP contribution in [-0.2, 0) is 11.2 Å². The van der Waals surface area contributed by atoms with Gasteiger partial charge >= 0.3 is 0 Å². The SMILES string of the molecule is CC(C)(C)c1ccccc1C(O)(O)C(C)(C)C. The lowest BCUT2D eigenvalue weighted by Crippen LogP contribution is -2.41. The van der Waals surface area contributed by atoms with Gasteiger partial charge in [0.2, 0.25) is 0 Å². The summed E-state index contributed by atoms with van der Waals surface area (Å²) in [5.41, 5.74) is 0.826. The molecule has 0 heterocycles. The lowest BCUT2D eigenvalue weighted by Gasteiger charge is -2.38. The van der Waals surface area contributed by atoms with E-state index in [1.807, 2.05) is 39.0 Å². The average molecular weight is 236 g/mol. The summed E-state index contributed by atoms with van der Waals surface area (Å²) in [6.45, 7) is 11.7. The maximum atomic E-state index is 10.4. The molecule has 0 unspecified atom stereocenters. The van der Waals surface area contributed by atoms with Crippen LogP contribution in [0.5, 0.6) is 0 Å². The Kier molecular flexibility index (Phi) is 3.43. The molecule has 17 heavy (non-hydrogen) atoms. The van der Waals surface area contributed by atoms with Crippen LogP contribution >= 0.6 is 0 Å². The molecule has 96 valence electrons. The highest BCUT2D eigenvalue weighted by Gasteiger charge is 2.42. The van der Waals surface area contributed by atoms with Gasteiger partial charge in [0, 0.05) is 11.0 Å². The maximum absolute atomic E-state index is 10.4. The van der Waals surface area contributed by atoms with Crippen LogP contribution in [0.25, 0.3) is 0 Å². The van der Waals surface area contributed by atoms with E-state index in [0.29, 0.717) is 5.56 Å². The minimum absolute atomic E-state index is 0.113. The lowest BCUT2D eigenvalue weighted by atomic mass is 9.74. The molecule has 0 amide bonds. The third-order valence-electron chi connectivity index (χ3n) is 3.16. The second kappa shape index (κ2) is 4.11. The van der Waals surface area contributed by atoms with Crippen molar-refractivity contribution < 1.29 is 10.2 Å². The number of rotatable bonds is 1. The number of aliphatic hydroxyl groups is 2. The third kappa shape index (κ3) is 2.70. The molecule has 0 aromatic heterocycles. The van der Waals surface area contributed by atoms with E-state index in [4.69, 9.17) is 0 Å². The molecule has 1 aromatic rings. The summed E-state index contributed by atoms with van der Waals surface area (Å²) in [6.07, 6.45) is 0. The Morgan fingerprint density at radius 3 is 1.53 bits per heavy atom. The Hall–Kier alpha value is -0.860. The van der Waals surface area contributed by atoms with Crippen LogP contribution in [0, 0.1) is 5.41 Å². The highest BCUT2D eigenvalue weighted by molar-refractivity contribution is 5.36. The molecule has 2 nitrogen and oxygen atoms in total. The van der Waals surface area contributed by atoms with Crippen molar-refractivity contribution in [1.82, 2.24) is 0 Å². The van der Waals surface area contributed by atoms with Gasteiger partial charge in [-0.15, -0.1) is 0 Å². The van der Waals surface area contributed by atoms with Crippen LogP contribution in [0.2, 0.25) is 0 Å². The van der Waals surface area contributed by atoms with E-state index in [9.17, 15) is 10.2 Å². The zero-order chi connectivity index (χ0) is 13.5. The van der Waals surface area contributed by atoms with Crippen molar-refractivity contribution in [2.45, 2.75) is 52.7 Å². The van der Waals surface area contributed by atoms with Gasteiger partial charge in [-0.25, -0.2) is 0 Å². The number of hydrogen-bond donors (Lipinski definition) is 2. The first-order valence-corrected chi connectivity index (χ1v) is 6.02. The normalized spacial score (nSPS) is 13.9. The third-order valence-corrected chi connectivity index (χ3v) is 3.16. The van der Waals surface area contributed by atoms with Crippen LogP contribution < -0.4 is 0 Å². The summed E-state index contributed by atoms with van der Waals surface area (Å²) >= 11 is 0. The molecule has 1 aromatic carbocycles. The first-order valence-electron chi connectivity index (χ1n) is 6.02. The van der Waals surface area contributed by atoms with Crippen LogP contribution in [0.4, 0.5) is 0 Å². The zero-order valence-corrected chi connectivity index (χ0v) is 11.7. The van der Waals surface area contributed by atoms with E-state index >= 15 is 0 Å². The molecular weight excluding hydrogens is 212 g/mol. The Labute approximate surface area is 104 Å². The molecule has 0 saturated carbocycles. The van der Waals surface area contributed by atoms with Gasteiger partial charge in [0.25, 0.3) is 0 Å². The molecule has 0 fully saturated rings. The van der Waals surface area contributed by atoms with E-state index in [1.165, 1.54) is 0 Å². The Bertz CT molecular complexity index is 392. The van der Waals surface area contributed by atoms with Crippen molar-refractivity contribution in [3.63, 3.8) is 0 Å². The van der Waals surface area contributed by atoms with Crippen molar-refractivity contribution in [3.05, 3.63) is 35.4 Å². The first kappa shape index (κ1) is 14.2. The highest BCUT2D eigenvalue weighted by atomic mass is 16.5. The lowest BCUT2D eigenvalue weighted by molar-refractivity contribution is -0.238. The molecule has 0 aliphatic rings. The monoisotopic (exact) mass is 236 g/mol. The van der Waals surface area contributed by atoms with Crippen molar-refractivity contribution >= 4 is 0 Å². The van der Waals surface area contributed by atoms with Gasteiger partial charge in [0.15, 0.2) is 5.79 Å². The molecule has 2 N–H and O–H groups in total. The average Bonchev–Trinajstić information content (AvgIpc) is 2.14. The fraction of sp³-hybridized carbons (Fsp3) is 0.600. The summed E-state index contributed by atoms with van der Waals surface area (Å²) in [6, 6.07) is 7.54. The minimum Gasteiger partial charge on any atom is -0.361 e. The van der Waals surface area contributed by atoms with E-state index in [0.717, 1.165) is 5.56 Å². The predicted octanol–water partition coefficient (Wildman–Crippen LogP) is 3.17. The maximum Gasteiger partial charge on any atom is 0.195 e. The van der Waals surface area contributed by atoms with Crippen LogP contribution in [-0.4, -0.2) is 10.2 Å². The highest BCUT2D eigenvalue weighted by Crippen LogP contribution is 2.41. The molecule has 1 rings (SSSR count). The molecule has 0 bridgehead atoms. The molecule has 2 heteroatoms. The van der Waals surface area contributed by atoms with Gasteiger partial charge in [-0.1, -0.05) is 65.8 Å². The molecule has 0 atom stereocenters. The van der Waals surface area contributed by atoms with Crippen LogP contribution in [0.3, 0.4) is 0 Å². The second-order valence-corrected chi connectivity index (χ2v) is 6.72. The van der Waals surface area contributed by atoms with E-state index < -0.39 is 11.2 Å². The van der Waals surface area contributed by atoms with E-state index in [1.54, 1.807) is 6.07 Å². The van der Waals surface area contributed by atoms with Gasteiger partial charge < -0.3 is 10.2 Å². The summed E-state index contributed by atoms with van der Waals surface area (Å²) in [7, 11) is 0. The zero-order valence-electron chi connectivity index (χ0n) is 11.7. The van der Waals surface area contributed by atoms with E-state index in [-0.39, 0.29) is 5.41 Å². The fourth-order valence-electron chi connectivity index (χ4n) is 1.85. The van der Waals surface area contributed by atoms with Crippen LogP contribution in [0.1, 0.15) is 52.7 Å². The minimum atomic E-state index is -1.82. The molecule has 0 radical (unpaired) electrons. The van der Waals surface area contributed by atoms with E-state index in [2.05, 4.69) is 20.8 Å². The molecule has 0 aliphatic carbocycles. The molecule has 0 spiro atoms. The van der Waals surface area contributed by atoms with Crippen molar-refractivity contribution in [1.29, 1.82) is 0 Å². The smallest absolute Gasteiger partial charge is 0.195 e. The fourth-order valence-corrected chi connectivity index (χ4v) is 1.85. The van der Waals surface area contributed by atoms with Crippen molar-refractivity contribution in [2.24, 2.45) is 5.41 Å². The van der Waals surface area contributed by atoms with Gasteiger partial charge in [-0.3, -0.25) is 0 Å². The van der Waals surface area contributed by atoms with Crippen molar-refractivity contribution in [3.8, 4) is 0 Å². The van der Waals surface area contributed by atoms with Gasteiger partial charge in [0.05, 0.1) is 0 Å². The largest absolute Gasteiger partial charge is 0.361 e. The number of benzene rings is 1. The summed E-state index contributed by atoms with van der Waals surface area (Å²) in [4.78, 5) is 0. The topological polar surface area (TPSA) is 40.5 Å². The van der Waals surface area contributed by atoms with Crippen LogP contribution in [0.15, 0.2) is 24.3 Å². The van der Waals surface area contributed by atoms with Crippen molar-refractivity contribution in [2.75, 3.05) is 0 Å². The predicted molar refractivity (Wildman–Crippen MR) is 70.7 cm³/mol. The van der Waals surface area contributed by atoms with Gasteiger partial charge in [0.1, 0.15) is 0 Å².